The summed E-state index contributed by atoms with van der Waals surface area (Å²) in [5, 5.41) is 21.8. The van der Waals surface area contributed by atoms with Gasteiger partial charge in [-0.05, 0) is 54.4 Å². The number of aromatic nitrogens is 6. The fraction of sp³-hybridized carbons (Fsp3) is 0.545. The molecule has 100 valence electrons. The first-order valence-corrected chi connectivity index (χ1v) is 7.01. The maximum absolute atomic E-state index is 5.82. The monoisotopic (exact) mass is 277 g/mol. The molecular weight excluding hydrogens is 262 g/mol. The Balaban J connectivity index is 1.94. The standard InChI is InChI=1S/C11H15N7S/c1-6-7(2)13-14-10(9(6)5-12)19-11-15-16-17-18(11)8-3-4-8/h8H,3-5,12H2,1-2H3. The molecule has 0 unspecified atom stereocenters. The highest BCUT2D eigenvalue weighted by Crippen LogP contribution is 2.38. The van der Waals surface area contributed by atoms with Crippen molar-refractivity contribution < 1.29 is 0 Å². The molecule has 0 amide bonds. The number of rotatable bonds is 4. The molecule has 0 saturated heterocycles. The second kappa shape index (κ2) is 4.86. The number of nitrogens with zero attached hydrogens (tertiary/aromatic N) is 6. The summed E-state index contributed by atoms with van der Waals surface area (Å²) in [5.74, 6) is 0. The molecule has 8 heteroatoms. The van der Waals surface area contributed by atoms with Gasteiger partial charge in [0.05, 0.1) is 11.7 Å². The van der Waals surface area contributed by atoms with Gasteiger partial charge in [-0.25, -0.2) is 4.68 Å². The van der Waals surface area contributed by atoms with Crippen molar-refractivity contribution in [2.45, 2.75) is 49.5 Å². The van der Waals surface area contributed by atoms with Gasteiger partial charge in [0.25, 0.3) is 0 Å². The van der Waals surface area contributed by atoms with Crippen LogP contribution >= 0.6 is 11.8 Å². The lowest BCUT2D eigenvalue weighted by molar-refractivity contribution is 0.565. The molecule has 2 aromatic rings. The van der Waals surface area contributed by atoms with E-state index >= 15 is 0 Å². The molecule has 19 heavy (non-hydrogen) atoms. The van der Waals surface area contributed by atoms with E-state index in [1.807, 2.05) is 18.5 Å². The Morgan fingerprint density at radius 1 is 1.26 bits per heavy atom. The third-order valence-electron chi connectivity index (χ3n) is 3.29. The summed E-state index contributed by atoms with van der Waals surface area (Å²) in [5.41, 5.74) is 8.83. The van der Waals surface area contributed by atoms with Crippen LogP contribution in [0.2, 0.25) is 0 Å². The fourth-order valence-corrected chi connectivity index (χ4v) is 2.82. The first-order valence-electron chi connectivity index (χ1n) is 6.19. The van der Waals surface area contributed by atoms with Crippen LogP contribution in [0.4, 0.5) is 0 Å². The van der Waals surface area contributed by atoms with Crippen molar-refractivity contribution in [2.75, 3.05) is 0 Å². The van der Waals surface area contributed by atoms with Gasteiger partial charge in [-0.2, -0.15) is 5.10 Å². The number of hydrogen-bond acceptors (Lipinski definition) is 7. The highest BCUT2D eigenvalue weighted by Gasteiger charge is 2.28. The molecule has 0 spiro atoms. The largest absolute Gasteiger partial charge is 0.326 e. The topological polar surface area (TPSA) is 95.4 Å². The lowest BCUT2D eigenvalue weighted by Crippen LogP contribution is -2.07. The van der Waals surface area contributed by atoms with Crippen LogP contribution in [0.25, 0.3) is 0 Å². The lowest BCUT2D eigenvalue weighted by atomic mass is 10.1. The molecule has 1 fully saturated rings. The molecule has 0 aliphatic heterocycles. The Morgan fingerprint density at radius 3 is 2.74 bits per heavy atom. The van der Waals surface area contributed by atoms with Gasteiger partial charge in [0, 0.05) is 12.1 Å². The number of hydrogen-bond donors (Lipinski definition) is 1. The molecule has 1 saturated carbocycles. The number of aryl methyl sites for hydroxylation is 1. The van der Waals surface area contributed by atoms with Crippen molar-refractivity contribution in [1.82, 2.24) is 30.4 Å². The fourth-order valence-electron chi connectivity index (χ4n) is 1.84. The van der Waals surface area contributed by atoms with Crippen molar-refractivity contribution in [3.8, 4) is 0 Å². The normalized spacial score (nSPS) is 14.9. The molecule has 1 aliphatic carbocycles. The van der Waals surface area contributed by atoms with Gasteiger partial charge in [0.2, 0.25) is 5.16 Å². The first-order chi connectivity index (χ1) is 9.20. The SMILES string of the molecule is Cc1nnc(Sc2nnnn2C2CC2)c(CN)c1C. The van der Waals surface area contributed by atoms with E-state index in [1.54, 1.807) is 0 Å². The van der Waals surface area contributed by atoms with Gasteiger partial charge in [-0.3, -0.25) is 0 Å². The van der Waals surface area contributed by atoms with E-state index < -0.39 is 0 Å². The van der Waals surface area contributed by atoms with Gasteiger partial charge in [-0.15, -0.1) is 10.2 Å². The Hall–Kier alpha value is -1.54. The average Bonchev–Trinajstić information content (AvgIpc) is 3.15. The Kier molecular flexibility index (Phi) is 3.19. The quantitative estimate of drug-likeness (QED) is 0.891. The van der Waals surface area contributed by atoms with Gasteiger partial charge in [0.15, 0.2) is 0 Å². The van der Waals surface area contributed by atoms with Gasteiger partial charge in [0.1, 0.15) is 5.03 Å². The summed E-state index contributed by atoms with van der Waals surface area (Å²) in [6.45, 7) is 4.39. The lowest BCUT2D eigenvalue weighted by Gasteiger charge is -2.10. The van der Waals surface area contributed by atoms with Crippen LogP contribution < -0.4 is 5.73 Å². The van der Waals surface area contributed by atoms with Crippen LogP contribution in [-0.2, 0) is 6.54 Å². The third-order valence-corrected chi connectivity index (χ3v) is 4.26. The molecule has 1 aliphatic rings. The van der Waals surface area contributed by atoms with Crippen molar-refractivity contribution in [3.05, 3.63) is 16.8 Å². The molecule has 0 aromatic carbocycles. The summed E-state index contributed by atoms with van der Waals surface area (Å²) in [6, 6.07) is 0.443. The molecule has 2 heterocycles. The second-order valence-corrected chi connectivity index (χ2v) is 5.59. The van der Waals surface area contributed by atoms with Crippen molar-refractivity contribution in [1.29, 1.82) is 0 Å². The summed E-state index contributed by atoms with van der Waals surface area (Å²) in [6.07, 6.45) is 2.28. The zero-order valence-electron chi connectivity index (χ0n) is 10.9. The number of tetrazole rings is 1. The Bertz CT molecular complexity index is 605. The molecule has 2 aromatic heterocycles. The minimum absolute atomic E-state index is 0.440. The Morgan fingerprint density at radius 2 is 2.05 bits per heavy atom. The minimum atomic E-state index is 0.440. The van der Waals surface area contributed by atoms with Crippen LogP contribution in [0.15, 0.2) is 10.2 Å². The molecule has 7 nitrogen and oxygen atoms in total. The first kappa shape index (κ1) is 12.5. The van der Waals surface area contributed by atoms with Crippen LogP contribution in [0.5, 0.6) is 0 Å². The van der Waals surface area contributed by atoms with E-state index in [-0.39, 0.29) is 0 Å². The highest BCUT2D eigenvalue weighted by atomic mass is 32.2. The van der Waals surface area contributed by atoms with E-state index in [1.165, 1.54) is 11.8 Å². The van der Waals surface area contributed by atoms with E-state index in [0.717, 1.165) is 39.8 Å². The number of nitrogens with two attached hydrogens (primary N) is 1. The zero-order chi connectivity index (χ0) is 13.4. The van der Waals surface area contributed by atoms with E-state index in [9.17, 15) is 0 Å². The molecule has 3 rings (SSSR count). The van der Waals surface area contributed by atoms with Crippen LogP contribution in [-0.4, -0.2) is 30.4 Å². The predicted molar refractivity (Wildman–Crippen MR) is 69.6 cm³/mol. The predicted octanol–water partition coefficient (Wildman–Crippen LogP) is 1.02. The van der Waals surface area contributed by atoms with Crippen molar-refractivity contribution in [2.24, 2.45) is 5.73 Å². The second-order valence-electron chi connectivity index (χ2n) is 4.64. The van der Waals surface area contributed by atoms with Gasteiger partial charge >= 0.3 is 0 Å². The van der Waals surface area contributed by atoms with Gasteiger partial charge < -0.3 is 5.73 Å². The average molecular weight is 277 g/mol. The van der Waals surface area contributed by atoms with E-state index in [4.69, 9.17) is 5.73 Å². The van der Waals surface area contributed by atoms with Crippen LogP contribution in [0, 0.1) is 13.8 Å². The summed E-state index contributed by atoms with van der Waals surface area (Å²) in [7, 11) is 0. The smallest absolute Gasteiger partial charge is 0.215 e. The van der Waals surface area contributed by atoms with E-state index in [2.05, 4.69) is 25.7 Å². The molecular formula is C11H15N7S. The maximum Gasteiger partial charge on any atom is 0.215 e. The molecule has 0 radical (unpaired) electrons. The summed E-state index contributed by atoms with van der Waals surface area (Å²) >= 11 is 1.44. The molecule has 2 N–H and O–H groups in total. The van der Waals surface area contributed by atoms with Gasteiger partial charge in [-0.1, -0.05) is 0 Å². The minimum Gasteiger partial charge on any atom is -0.326 e. The highest BCUT2D eigenvalue weighted by molar-refractivity contribution is 7.99. The summed E-state index contributed by atoms with van der Waals surface area (Å²) in [4.78, 5) is 0. The third kappa shape index (κ3) is 2.33. The summed E-state index contributed by atoms with van der Waals surface area (Å²) < 4.78 is 1.86. The van der Waals surface area contributed by atoms with Crippen LogP contribution in [0.3, 0.4) is 0 Å². The van der Waals surface area contributed by atoms with Crippen LogP contribution in [0.1, 0.15) is 35.7 Å². The van der Waals surface area contributed by atoms with Crippen molar-refractivity contribution >= 4 is 11.8 Å². The van der Waals surface area contributed by atoms with E-state index in [0.29, 0.717) is 12.6 Å². The maximum atomic E-state index is 5.82. The molecule has 0 bridgehead atoms. The molecule has 0 atom stereocenters. The zero-order valence-corrected chi connectivity index (χ0v) is 11.7. The van der Waals surface area contributed by atoms with Crippen molar-refractivity contribution in [3.63, 3.8) is 0 Å². The Labute approximate surface area is 115 Å².